The first kappa shape index (κ1) is 9.73. The average molecular weight is 223 g/mol. The second kappa shape index (κ2) is 3.74. The summed E-state index contributed by atoms with van der Waals surface area (Å²) >= 11 is 5.94. The Morgan fingerprint density at radius 3 is 2.73 bits per heavy atom. The first-order chi connectivity index (χ1) is 7.18. The summed E-state index contributed by atoms with van der Waals surface area (Å²) in [5.74, 6) is -1.01. The number of para-hydroxylation sites is 1. The van der Waals surface area contributed by atoms with Crippen LogP contribution in [0.25, 0.3) is 5.69 Å². The number of nitrogens with zero attached hydrogens (tertiary/aromatic N) is 2. The number of hydrogen-bond acceptors (Lipinski definition) is 2. The maximum Gasteiger partial charge on any atom is 0.338 e. The van der Waals surface area contributed by atoms with Gasteiger partial charge < -0.3 is 5.11 Å². The lowest BCUT2D eigenvalue weighted by Crippen LogP contribution is -1.96. The fraction of sp³-hybridized carbons (Fsp3) is 0. The van der Waals surface area contributed by atoms with Crippen molar-refractivity contribution in [3.63, 3.8) is 0 Å². The van der Waals surface area contributed by atoms with E-state index in [1.54, 1.807) is 18.2 Å². The van der Waals surface area contributed by atoms with Crippen molar-refractivity contribution in [3.8, 4) is 5.69 Å². The van der Waals surface area contributed by atoms with E-state index in [2.05, 4.69) is 5.10 Å². The summed E-state index contributed by atoms with van der Waals surface area (Å²) in [5.41, 5.74) is 0.793. The van der Waals surface area contributed by atoms with Crippen LogP contribution < -0.4 is 0 Å². The molecule has 0 aliphatic heterocycles. The number of aromatic nitrogens is 2. The lowest BCUT2D eigenvalue weighted by Gasteiger charge is -2.02. The molecule has 15 heavy (non-hydrogen) atoms. The molecule has 0 saturated carbocycles. The second-order valence-electron chi connectivity index (χ2n) is 2.93. The third-order valence-corrected chi connectivity index (χ3v) is 2.25. The Morgan fingerprint density at radius 1 is 1.40 bits per heavy atom. The van der Waals surface area contributed by atoms with E-state index >= 15 is 0 Å². The summed E-state index contributed by atoms with van der Waals surface area (Å²) in [6.07, 6.45) is 2.70. The molecule has 0 bridgehead atoms. The predicted octanol–water partition coefficient (Wildman–Crippen LogP) is 2.22. The zero-order chi connectivity index (χ0) is 10.8. The van der Waals surface area contributed by atoms with Crippen molar-refractivity contribution in [1.29, 1.82) is 0 Å². The fourth-order valence-electron chi connectivity index (χ4n) is 1.20. The summed E-state index contributed by atoms with van der Waals surface area (Å²) in [7, 11) is 0. The normalized spacial score (nSPS) is 10.2. The molecule has 0 fully saturated rings. The topological polar surface area (TPSA) is 55.1 Å². The Labute approximate surface area is 90.7 Å². The van der Waals surface area contributed by atoms with E-state index in [-0.39, 0.29) is 5.56 Å². The highest BCUT2D eigenvalue weighted by Crippen LogP contribution is 2.19. The minimum Gasteiger partial charge on any atom is -0.478 e. The Kier molecular flexibility index (Phi) is 2.43. The first-order valence-corrected chi connectivity index (χ1v) is 4.59. The van der Waals surface area contributed by atoms with Crippen LogP contribution in [0.2, 0.25) is 5.02 Å². The van der Waals surface area contributed by atoms with Gasteiger partial charge in [-0.2, -0.15) is 5.10 Å². The molecule has 0 atom stereocenters. The molecular weight excluding hydrogens is 216 g/mol. The SMILES string of the molecule is O=C(O)c1cnn(-c2ccccc2Cl)c1. The summed E-state index contributed by atoms with van der Waals surface area (Å²) < 4.78 is 1.44. The number of carboxylic acid groups (broad SMARTS) is 1. The molecule has 1 aromatic carbocycles. The smallest absolute Gasteiger partial charge is 0.338 e. The molecule has 1 heterocycles. The van der Waals surface area contributed by atoms with E-state index in [9.17, 15) is 4.79 Å². The maximum absolute atomic E-state index is 10.6. The van der Waals surface area contributed by atoms with Crippen molar-refractivity contribution in [2.45, 2.75) is 0 Å². The van der Waals surface area contributed by atoms with Gasteiger partial charge in [-0.15, -0.1) is 0 Å². The van der Waals surface area contributed by atoms with E-state index in [1.165, 1.54) is 17.1 Å². The molecule has 0 spiro atoms. The largest absolute Gasteiger partial charge is 0.478 e. The van der Waals surface area contributed by atoms with Gasteiger partial charge in [0.05, 0.1) is 22.5 Å². The molecule has 76 valence electrons. The number of hydrogen-bond donors (Lipinski definition) is 1. The van der Waals surface area contributed by atoms with Gasteiger partial charge in [-0.25, -0.2) is 9.48 Å². The average Bonchev–Trinajstić information content (AvgIpc) is 2.67. The van der Waals surface area contributed by atoms with Gasteiger partial charge in [0.2, 0.25) is 0 Å². The van der Waals surface area contributed by atoms with Gasteiger partial charge in [0.1, 0.15) is 0 Å². The quantitative estimate of drug-likeness (QED) is 0.848. The van der Waals surface area contributed by atoms with Crippen LogP contribution in [0.4, 0.5) is 0 Å². The van der Waals surface area contributed by atoms with Gasteiger partial charge in [-0.1, -0.05) is 23.7 Å². The standard InChI is InChI=1S/C10H7ClN2O2/c11-8-3-1-2-4-9(8)13-6-7(5-12-13)10(14)15/h1-6H,(H,14,15). The first-order valence-electron chi connectivity index (χ1n) is 4.21. The Morgan fingerprint density at radius 2 is 2.13 bits per heavy atom. The van der Waals surface area contributed by atoms with Crippen molar-refractivity contribution >= 4 is 17.6 Å². The van der Waals surface area contributed by atoms with Crippen LogP contribution in [0, 0.1) is 0 Å². The molecule has 4 nitrogen and oxygen atoms in total. The summed E-state index contributed by atoms with van der Waals surface area (Å²) in [4.78, 5) is 10.6. The maximum atomic E-state index is 10.6. The van der Waals surface area contributed by atoms with Gasteiger partial charge in [0.25, 0.3) is 0 Å². The lowest BCUT2D eigenvalue weighted by atomic mass is 10.3. The number of carboxylic acids is 1. The van der Waals surface area contributed by atoms with Gasteiger partial charge in [-0.3, -0.25) is 0 Å². The summed E-state index contributed by atoms with van der Waals surface area (Å²) in [6, 6.07) is 7.09. The van der Waals surface area contributed by atoms with Crippen LogP contribution in [-0.4, -0.2) is 20.9 Å². The molecule has 0 aliphatic carbocycles. The third-order valence-electron chi connectivity index (χ3n) is 1.93. The van der Waals surface area contributed by atoms with Crippen LogP contribution in [0.5, 0.6) is 0 Å². The Hall–Kier alpha value is -1.81. The number of benzene rings is 1. The highest BCUT2D eigenvalue weighted by Gasteiger charge is 2.08. The zero-order valence-corrected chi connectivity index (χ0v) is 8.35. The van der Waals surface area contributed by atoms with Crippen molar-refractivity contribution in [3.05, 3.63) is 47.2 Å². The zero-order valence-electron chi connectivity index (χ0n) is 7.59. The predicted molar refractivity (Wildman–Crippen MR) is 55.5 cm³/mol. The third kappa shape index (κ3) is 1.85. The fourth-order valence-corrected chi connectivity index (χ4v) is 1.42. The number of carbonyl (C=O) groups is 1. The van der Waals surface area contributed by atoms with Gasteiger partial charge in [0.15, 0.2) is 0 Å². The highest BCUT2D eigenvalue weighted by atomic mass is 35.5. The number of rotatable bonds is 2. The van der Waals surface area contributed by atoms with Crippen LogP contribution in [0.3, 0.4) is 0 Å². The molecule has 1 aromatic heterocycles. The molecule has 2 aromatic rings. The Balaban J connectivity index is 2.46. The summed E-state index contributed by atoms with van der Waals surface area (Å²) in [6.45, 7) is 0. The molecule has 0 radical (unpaired) electrons. The van der Waals surface area contributed by atoms with Crippen molar-refractivity contribution in [2.24, 2.45) is 0 Å². The molecule has 0 aliphatic rings. The minimum atomic E-state index is -1.01. The number of aromatic carboxylic acids is 1. The Bertz CT molecular complexity index is 508. The minimum absolute atomic E-state index is 0.134. The number of halogens is 1. The highest BCUT2D eigenvalue weighted by molar-refractivity contribution is 6.32. The monoisotopic (exact) mass is 222 g/mol. The van der Waals surface area contributed by atoms with Gasteiger partial charge in [0, 0.05) is 6.20 Å². The molecule has 5 heteroatoms. The molecule has 0 unspecified atom stereocenters. The van der Waals surface area contributed by atoms with Crippen molar-refractivity contribution in [2.75, 3.05) is 0 Å². The van der Waals surface area contributed by atoms with Crippen LogP contribution in [0.15, 0.2) is 36.7 Å². The van der Waals surface area contributed by atoms with Crippen LogP contribution in [-0.2, 0) is 0 Å². The van der Waals surface area contributed by atoms with Crippen LogP contribution >= 0.6 is 11.6 Å². The molecule has 2 rings (SSSR count). The van der Waals surface area contributed by atoms with Crippen LogP contribution in [0.1, 0.15) is 10.4 Å². The molecule has 0 amide bonds. The molecule has 0 saturated heterocycles. The van der Waals surface area contributed by atoms with Gasteiger partial charge in [-0.05, 0) is 12.1 Å². The molecule has 1 N–H and O–H groups in total. The van der Waals surface area contributed by atoms with E-state index in [0.29, 0.717) is 10.7 Å². The van der Waals surface area contributed by atoms with Crippen molar-refractivity contribution < 1.29 is 9.90 Å². The molecular formula is C10H7ClN2O2. The lowest BCUT2D eigenvalue weighted by molar-refractivity contribution is 0.0697. The van der Waals surface area contributed by atoms with E-state index < -0.39 is 5.97 Å². The van der Waals surface area contributed by atoms with E-state index in [1.807, 2.05) is 6.07 Å². The van der Waals surface area contributed by atoms with E-state index in [4.69, 9.17) is 16.7 Å². The van der Waals surface area contributed by atoms with Gasteiger partial charge >= 0.3 is 5.97 Å². The van der Waals surface area contributed by atoms with E-state index in [0.717, 1.165) is 0 Å². The second-order valence-corrected chi connectivity index (χ2v) is 3.34. The summed E-state index contributed by atoms with van der Waals surface area (Å²) in [5, 5.41) is 13.2. The van der Waals surface area contributed by atoms with Crippen molar-refractivity contribution in [1.82, 2.24) is 9.78 Å².